The monoisotopic (exact) mass is 484 g/mol. The third kappa shape index (κ3) is 3.86. The van der Waals surface area contributed by atoms with Gasteiger partial charge in [-0.3, -0.25) is 19.7 Å². The number of carbonyl (C=O) groups is 2. The number of fused-ring (bicyclic) bond motifs is 1. The number of para-hydroxylation sites is 1. The zero-order valence-corrected chi connectivity index (χ0v) is 19.1. The molecule has 36 heavy (non-hydrogen) atoms. The summed E-state index contributed by atoms with van der Waals surface area (Å²) in [5.41, 5.74) is 1.01. The van der Waals surface area contributed by atoms with Gasteiger partial charge in [-0.2, -0.15) is 0 Å². The average Bonchev–Trinajstić information content (AvgIpc) is 3.44. The fourth-order valence-electron chi connectivity index (χ4n) is 4.43. The molecule has 4 aromatic rings. The molecule has 0 fully saturated rings. The van der Waals surface area contributed by atoms with Gasteiger partial charge >= 0.3 is 0 Å². The quantitative estimate of drug-likeness (QED) is 0.219. The van der Waals surface area contributed by atoms with E-state index in [1.165, 1.54) is 36.3 Å². The van der Waals surface area contributed by atoms with Crippen LogP contribution in [0.1, 0.15) is 27.7 Å². The Hall–Kier alpha value is -4.92. The summed E-state index contributed by atoms with van der Waals surface area (Å²) in [5, 5.41) is 22.9. The molecule has 0 saturated heterocycles. The number of carbonyl (C=O) groups excluding carboxylic acids is 2. The van der Waals surface area contributed by atoms with Gasteiger partial charge in [0.2, 0.25) is 5.78 Å². The molecule has 1 amide bonds. The Morgan fingerprint density at radius 3 is 2.56 bits per heavy atom. The largest absolute Gasteiger partial charge is 0.503 e. The van der Waals surface area contributed by atoms with Crippen LogP contribution in [-0.4, -0.2) is 33.7 Å². The number of ketones is 1. The van der Waals surface area contributed by atoms with Crippen molar-refractivity contribution in [2.75, 3.05) is 7.11 Å². The van der Waals surface area contributed by atoms with Gasteiger partial charge in [-0.05, 0) is 23.3 Å². The van der Waals surface area contributed by atoms with Gasteiger partial charge in [0.15, 0.2) is 22.9 Å². The second kappa shape index (κ2) is 9.03. The molecule has 1 N–H and O–H groups in total. The van der Waals surface area contributed by atoms with Crippen LogP contribution in [0.5, 0.6) is 5.75 Å². The lowest BCUT2D eigenvalue weighted by atomic mass is 9.94. The van der Waals surface area contributed by atoms with E-state index in [2.05, 4.69) is 0 Å². The normalized spacial score (nSPS) is 15.5. The Bertz CT molecular complexity index is 1540. The molecular formula is C27H20N2O7. The van der Waals surface area contributed by atoms with Crippen molar-refractivity contribution in [2.24, 2.45) is 0 Å². The van der Waals surface area contributed by atoms with Crippen LogP contribution in [0.4, 0.5) is 5.69 Å². The smallest absolute Gasteiger partial charge is 0.290 e. The fraction of sp³-hybridized carbons (Fsp3) is 0.111. The maximum Gasteiger partial charge on any atom is 0.290 e. The molecule has 2 heterocycles. The van der Waals surface area contributed by atoms with Crippen LogP contribution in [-0.2, 0) is 11.3 Å². The van der Waals surface area contributed by atoms with E-state index in [1.54, 1.807) is 48.5 Å². The van der Waals surface area contributed by atoms with Crippen molar-refractivity contribution >= 4 is 28.3 Å². The van der Waals surface area contributed by atoms with Gasteiger partial charge in [-0.1, -0.05) is 54.6 Å². The van der Waals surface area contributed by atoms with E-state index in [9.17, 15) is 24.8 Å². The summed E-state index contributed by atoms with van der Waals surface area (Å²) in [5.74, 6) is -1.85. The molecule has 1 aromatic heterocycles. The van der Waals surface area contributed by atoms with Crippen molar-refractivity contribution < 1.29 is 28.8 Å². The van der Waals surface area contributed by atoms with Crippen LogP contribution in [0.15, 0.2) is 94.6 Å². The fourth-order valence-corrected chi connectivity index (χ4v) is 4.43. The summed E-state index contributed by atoms with van der Waals surface area (Å²) in [4.78, 5) is 39.1. The SMILES string of the molecule is COc1cccc2cc(C(=O)C3=C(O)C(=O)N(Cc4ccccc4)C3c3cccc([N+](=O)[O-])c3)oc12. The zero-order valence-electron chi connectivity index (χ0n) is 19.1. The van der Waals surface area contributed by atoms with Gasteiger partial charge < -0.3 is 19.2 Å². The number of Topliss-reactive ketones (excluding diaryl/α,β-unsaturated/α-hetero) is 1. The zero-order chi connectivity index (χ0) is 25.4. The Morgan fingerprint density at radius 1 is 1.08 bits per heavy atom. The molecule has 0 spiro atoms. The number of aliphatic hydroxyl groups is 1. The summed E-state index contributed by atoms with van der Waals surface area (Å²) in [6.07, 6.45) is 0. The number of aliphatic hydroxyl groups excluding tert-OH is 1. The number of hydrogen-bond donors (Lipinski definition) is 1. The number of nitro groups is 1. The maximum absolute atomic E-state index is 13.7. The first kappa shape index (κ1) is 22.9. The van der Waals surface area contributed by atoms with E-state index in [4.69, 9.17) is 9.15 Å². The van der Waals surface area contributed by atoms with Gasteiger partial charge in [0.25, 0.3) is 11.6 Å². The first-order chi connectivity index (χ1) is 17.4. The van der Waals surface area contributed by atoms with E-state index in [0.29, 0.717) is 22.3 Å². The van der Waals surface area contributed by atoms with Crippen LogP contribution >= 0.6 is 0 Å². The molecule has 0 bridgehead atoms. The predicted molar refractivity (Wildman–Crippen MR) is 130 cm³/mol. The molecule has 0 saturated carbocycles. The second-order valence-corrected chi connectivity index (χ2v) is 8.25. The topological polar surface area (TPSA) is 123 Å². The Morgan fingerprint density at radius 2 is 1.83 bits per heavy atom. The number of ether oxygens (including phenoxy) is 1. The molecule has 0 radical (unpaired) electrons. The van der Waals surface area contributed by atoms with Crippen LogP contribution < -0.4 is 4.74 Å². The molecule has 0 aliphatic carbocycles. The van der Waals surface area contributed by atoms with Crippen LogP contribution in [0, 0.1) is 10.1 Å². The van der Waals surface area contributed by atoms with Crippen LogP contribution in [0.25, 0.3) is 11.0 Å². The number of non-ortho nitro benzene ring substituents is 1. The predicted octanol–water partition coefficient (Wildman–Crippen LogP) is 5.13. The second-order valence-electron chi connectivity index (χ2n) is 8.25. The first-order valence-corrected chi connectivity index (χ1v) is 11.0. The Balaban J connectivity index is 1.63. The van der Waals surface area contributed by atoms with Gasteiger partial charge in [0.05, 0.1) is 23.6 Å². The number of nitro benzene ring substituents is 1. The summed E-state index contributed by atoms with van der Waals surface area (Å²) < 4.78 is 11.1. The molecule has 1 atom stereocenters. The summed E-state index contributed by atoms with van der Waals surface area (Å²) in [7, 11) is 1.47. The minimum Gasteiger partial charge on any atom is -0.503 e. The van der Waals surface area contributed by atoms with Crippen molar-refractivity contribution in [3.63, 3.8) is 0 Å². The molecular weight excluding hydrogens is 464 g/mol. The highest BCUT2D eigenvalue weighted by Crippen LogP contribution is 2.41. The molecule has 1 unspecified atom stereocenters. The first-order valence-electron chi connectivity index (χ1n) is 11.0. The molecule has 9 nitrogen and oxygen atoms in total. The number of methoxy groups -OCH3 is 1. The van der Waals surface area contributed by atoms with Crippen molar-refractivity contribution in [2.45, 2.75) is 12.6 Å². The molecule has 5 rings (SSSR count). The number of furan rings is 1. The molecule has 3 aromatic carbocycles. The molecule has 1 aliphatic heterocycles. The third-order valence-electron chi connectivity index (χ3n) is 6.09. The lowest BCUT2D eigenvalue weighted by Crippen LogP contribution is -2.30. The van der Waals surface area contributed by atoms with E-state index >= 15 is 0 Å². The number of hydrogen-bond acceptors (Lipinski definition) is 7. The van der Waals surface area contributed by atoms with Gasteiger partial charge in [-0.15, -0.1) is 0 Å². The van der Waals surface area contributed by atoms with Crippen LogP contribution in [0.3, 0.4) is 0 Å². The van der Waals surface area contributed by atoms with E-state index in [-0.39, 0.29) is 23.6 Å². The van der Waals surface area contributed by atoms with Gasteiger partial charge in [0.1, 0.15) is 0 Å². The Kier molecular flexibility index (Phi) is 5.73. The summed E-state index contributed by atoms with van der Waals surface area (Å²) >= 11 is 0. The minimum absolute atomic E-state index is 0.0713. The van der Waals surface area contributed by atoms with E-state index in [1.807, 2.05) is 6.07 Å². The molecule has 1 aliphatic rings. The van der Waals surface area contributed by atoms with Crippen molar-refractivity contribution in [3.05, 3.63) is 117 Å². The summed E-state index contributed by atoms with van der Waals surface area (Å²) in [6, 6.07) is 20.3. The van der Waals surface area contributed by atoms with Gasteiger partial charge in [0, 0.05) is 24.1 Å². The number of rotatable bonds is 7. The van der Waals surface area contributed by atoms with Crippen molar-refractivity contribution in [1.29, 1.82) is 0 Å². The molecule has 180 valence electrons. The average molecular weight is 484 g/mol. The summed E-state index contributed by atoms with van der Waals surface area (Å²) in [6.45, 7) is 0.0713. The van der Waals surface area contributed by atoms with Crippen molar-refractivity contribution in [1.82, 2.24) is 4.90 Å². The highest BCUT2D eigenvalue weighted by molar-refractivity contribution is 6.16. The third-order valence-corrected chi connectivity index (χ3v) is 6.09. The highest BCUT2D eigenvalue weighted by Gasteiger charge is 2.45. The standard InChI is InChI=1S/C27H20N2O7/c1-35-20-12-6-10-18-14-21(36-26(18)20)24(30)22-23(17-9-5-11-19(13-17)29(33)34)28(27(32)25(22)31)15-16-7-3-2-4-8-16/h2-14,23,31H,15H2,1H3. The highest BCUT2D eigenvalue weighted by atomic mass is 16.6. The Labute approximate surface area is 205 Å². The van der Waals surface area contributed by atoms with E-state index in [0.717, 1.165) is 5.56 Å². The minimum atomic E-state index is -1.07. The number of benzene rings is 3. The van der Waals surface area contributed by atoms with E-state index < -0.39 is 28.4 Å². The number of amides is 1. The lowest BCUT2D eigenvalue weighted by Gasteiger charge is -2.26. The maximum atomic E-state index is 13.7. The van der Waals surface area contributed by atoms with Gasteiger partial charge in [-0.25, -0.2) is 0 Å². The van der Waals surface area contributed by atoms with Crippen LogP contribution in [0.2, 0.25) is 0 Å². The van der Waals surface area contributed by atoms with Crippen molar-refractivity contribution in [3.8, 4) is 5.75 Å². The number of nitrogens with zero attached hydrogens (tertiary/aromatic N) is 2. The lowest BCUT2D eigenvalue weighted by molar-refractivity contribution is -0.384. The molecule has 9 heteroatoms.